The summed E-state index contributed by atoms with van der Waals surface area (Å²) in [5, 5.41) is 15.6. The topological polar surface area (TPSA) is 129 Å². The van der Waals surface area contributed by atoms with Crippen molar-refractivity contribution < 1.29 is 28.7 Å². The molecule has 10 nitrogen and oxygen atoms in total. The van der Waals surface area contributed by atoms with Crippen LogP contribution in [0.15, 0.2) is 41.5 Å². The Bertz CT molecular complexity index is 962. The maximum atomic E-state index is 11.8. The highest BCUT2D eigenvalue weighted by Crippen LogP contribution is 2.39. The van der Waals surface area contributed by atoms with E-state index in [0.717, 1.165) is 13.1 Å². The summed E-state index contributed by atoms with van der Waals surface area (Å²) < 4.78 is 15.2. The third-order valence-corrected chi connectivity index (χ3v) is 3.56. The van der Waals surface area contributed by atoms with Crippen LogP contribution in [0.5, 0.6) is 17.2 Å². The van der Waals surface area contributed by atoms with Gasteiger partial charge in [0.15, 0.2) is 12.4 Å². The lowest BCUT2D eigenvalue weighted by molar-refractivity contribution is -0.385. The highest BCUT2D eigenvalue weighted by Gasteiger charge is 2.25. The molecule has 1 amide bonds. The van der Waals surface area contributed by atoms with Crippen molar-refractivity contribution >= 4 is 35.4 Å². The van der Waals surface area contributed by atoms with Gasteiger partial charge in [-0.15, -0.1) is 0 Å². The average Bonchev–Trinajstić information content (AvgIpc) is 2.66. The minimum absolute atomic E-state index is 0.0267. The van der Waals surface area contributed by atoms with Crippen LogP contribution >= 0.6 is 11.6 Å². The van der Waals surface area contributed by atoms with Crippen molar-refractivity contribution in [3.8, 4) is 17.2 Å². The molecule has 1 N–H and O–H groups in total. The second kappa shape index (κ2) is 10.0. The normalized spacial score (nSPS) is 10.4. The number of nitrogens with one attached hydrogen (secondary N) is 1. The first-order valence-corrected chi connectivity index (χ1v) is 8.43. The van der Waals surface area contributed by atoms with Crippen molar-refractivity contribution in [1.29, 1.82) is 0 Å². The molecule has 0 unspecified atom stereocenters. The van der Waals surface area contributed by atoms with E-state index >= 15 is 0 Å². The van der Waals surface area contributed by atoms with Crippen LogP contribution in [0.4, 0.5) is 5.69 Å². The van der Waals surface area contributed by atoms with Crippen LogP contribution in [0.3, 0.4) is 0 Å². The molecule has 152 valence electrons. The molecule has 2 aromatic carbocycles. The van der Waals surface area contributed by atoms with Crippen LogP contribution in [0, 0.1) is 10.1 Å². The molecule has 0 aliphatic heterocycles. The molecule has 0 bridgehead atoms. The van der Waals surface area contributed by atoms with Crippen LogP contribution in [0.2, 0.25) is 5.02 Å². The minimum atomic E-state index is -0.711. The highest BCUT2D eigenvalue weighted by molar-refractivity contribution is 6.30. The summed E-state index contributed by atoms with van der Waals surface area (Å²) in [6.45, 7) is 0.816. The minimum Gasteiger partial charge on any atom is -0.488 e. The number of ether oxygens (including phenoxy) is 3. The van der Waals surface area contributed by atoms with Gasteiger partial charge in [-0.05, 0) is 30.3 Å². The van der Waals surface area contributed by atoms with Crippen molar-refractivity contribution in [1.82, 2.24) is 5.43 Å². The number of hydrogen-bond acceptors (Lipinski definition) is 8. The number of amides is 1. The van der Waals surface area contributed by atoms with E-state index < -0.39 is 22.5 Å². The summed E-state index contributed by atoms with van der Waals surface area (Å²) in [6, 6.07) is 9.11. The molecule has 0 spiro atoms. The van der Waals surface area contributed by atoms with E-state index in [1.807, 2.05) is 0 Å². The number of nitro groups is 1. The van der Waals surface area contributed by atoms with Gasteiger partial charge in [0.05, 0.1) is 23.8 Å². The molecule has 0 radical (unpaired) electrons. The van der Waals surface area contributed by atoms with E-state index in [9.17, 15) is 19.7 Å². The quantitative estimate of drug-likeness (QED) is 0.228. The Kier molecular flexibility index (Phi) is 7.49. The Labute approximate surface area is 170 Å². The lowest BCUT2D eigenvalue weighted by atomic mass is 10.1. The fourth-order valence-electron chi connectivity index (χ4n) is 2.20. The van der Waals surface area contributed by atoms with Gasteiger partial charge in [0.2, 0.25) is 5.75 Å². The van der Waals surface area contributed by atoms with Gasteiger partial charge in [0.1, 0.15) is 5.75 Å². The Balaban J connectivity index is 2.09. The zero-order valence-electron chi connectivity index (χ0n) is 15.4. The number of hydrazone groups is 1. The van der Waals surface area contributed by atoms with Gasteiger partial charge in [-0.25, -0.2) is 5.43 Å². The van der Waals surface area contributed by atoms with Gasteiger partial charge in [-0.3, -0.25) is 19.7 Å². The molecule has 0 saturated carbocycles. The van der Waals surface area contributed by atoms with Crippen LogP contribution in [-0.2, 0) is 9.59 Å². The summed E-state index contributed by atoms with van der Waals surface area (Å²) in [5.74, 6) is -1.20. The fourth-order valence-corrected chi connectivity index (χ4v) is 2.38. The number of halogens is 1. The molecule has 0 aliphatic rings. The third-order valence-electron chi connectivity index (χ3n) is 3.33. The number of rotatable bonds is 8. The van der Waals surface area contributed by atoms with Crippen molar-refractivity contribution in [2.75, 3.05) is 13.7 Å². The molecule has 0 fully saturated rings. The fraction of sp³-hybridized carbons (Fsp3) is 0.167. The van der Waals surface area contributed by atoms with Crippen molar-refractivity contribution in [2.45, 2.75) is 6.92 Å². The number of esters is 1. The first kappa shape index (κ1) is 21.6. The first-order valence-electron chi connectivity index (χ1n) is 8.06. The van der Waals surface area contributed by atoms with Crippen LogP contribution in [0.1, 0.15) is 12.5 Å². The van der Waals surface area contributed by atoms with Gasteiger partial charge in [-0.1, -0.05) is 17.7 Å². The molecule has 0 heterocycles. The number of methoxy groups -OCH3 is 1. The Morgan fingerprint density at radius 2 is 2.07 bits per heavy atom. The lowest BCUT2D eigenvalue weighted by Crippen LogP contribution is -2.24. The van der Waals surface area contributed by atoms with Gasteiger partial charge >= 0.3 is 11.7 Å². The van der Waals surface area contributed by atoms with Gasteiger partial charge < -0.3 is 14.2 Å². The molecule has 0 aromatic heterocycles. The molecule has 0 atom stereocenters. The maximum Gasteiger partial charge on any atom is 0.323 e. The Morgan fingerprint density at radius 3 is 2.69 bits per heavy atom. The van der Waals surface area contributed by atoms with E-state index in [2.05, 4.69) is 10.5 Å². The Morgan fingerprint density at radius 1 is 1.31 bits per heavy atom. The second-order valence-electron chi connectivity index (χ2n) is 5.42. The zero-order valence-corrected chi connectivity index (χ0v) is 16.1. The smallest absolute Gasteiger partial charge is 0.323 e. The molecule has 29 heavy (non-hydrogen) atoms. The number of carbonyl (C=O) groups is 2. The predicted octanol–water partition coefficient (Wildman–Crippen LogP) is 2.71. The van der Waals surface area contributed by atoms with Crippen molar-refractivity contribution in [2.24, 2.45) is 5.10 Å². The van der Waals surface area contributed by atoms with E-state index in [1.54, 1.807) is 24.3 Å². The molecular formula is C18H16ClN3O7. The molecule has 0 aliphatic carbocycles. The molecular weight excluding hydrogens is 406 g/mol. The summed E-state index contributed by atoms with van der Waals surface area (Å²) in [5.41, 5.74) is 1.74. The molecule has 0 saturated heterocycles. The average molecular weight is 422 g/mol. The van der Waals surface area contributed by atoms with E-state index in [1.165, 1.54) is 19.2 Å². The number of carbonyl (C=O) groups excluding carboxylic acids is 2. The second-order valence-corrected chi connectivity index (χ2v) is 5.86. The maximum absolute atomic E-state index is 11.8. The van der Waals surface area contributed by atoms with Gasteiger partial charge in [0.25, 0.3) is 5.91 Å². The van der Waals surface area contributed by atoms with E-state index in [0.29, 0.717) is 10.8 Å². The van der Waals surface area contributed by atoms with Gasteiger partial charge in [-0.2, -0.15) is 5.10 Å². The van der Waals surface area contributed by atoms with Crippen LogP contribution < -0.4 is 19.6 Å². The predicted molar refractivity (Wildman–Crippen MR) is 104 cm³/mol. The lowest BCUT2D eigenvalue weighted by Gasteiger charge is -2.09. The number of benzene rings is 2. The van der Waals surface area contributed by atoms with Crippen molar-refractivity contribution in [3.05, 3.63) is 57.1 Å². The Hall–Kier alpha value is -3.66. The van der Waals surface area contributed by atoms with Gasteiger partial charge in [0, 0.05) is 11.9 Å². The summed E-state index contributed by atoms with van der Waals surface area (Å²) in [6.07, 6.45) is 1.06. The van der Waals surface area contributed by atoms with E-state index in [4.69, 9.17) is 25.8 Å². The summed E-state index contributed by atoms with van der Waals surface area (Å²) >= 11 is 5.82. The monoisotopic (exact) mass is 421 g/mol. The third kappa shape index (κ3) is 6.18. The van der Waals surface area contributed by atoms with Crippen molar-refractivity contribution in [3.63, 3.8) is 0 Å². The SMILES string of the molecule is COc1c(OC(C)=O)ccc(/C=N\NC(=O)COc2cccc(Cl)c2)c1[N+](=O)[O-]. The number of nitrogens with zero attached hydrogens (tertiary/aromatic N) is 2. The highest BCUT2D eigenvalue weighted by atomic mass is 35.5. The molecule has 2 rings (SSSR count). The number of hydrogen-bond donors (Lipinski definition) is 1. The summed E-state index contributed by atoms with van der Waals surface area (Å²) in [4.78, 5) is 33.7. The van der Waals surface area contributed by atoms with E-state index in [-0.39, 0.29) is 23.7 Å². The molecule has 11 heteroatoms. The largest absolute Gasteiger partial charge is 0.488 e. The summed E-state index contributed by atoms with van der Waals surface area (Å²) in [7, 11) is 1.20. The first-order chi connectivity index (χ1) is 13.8. The molecule has 2 aromatic rings. The number of nitro benzene ring substituents is 1. The zero-order chi connectivity index (χ0) is 21.4. The standard InChI is InChI=1S/C18H16ClN3O7/c1-11(23)29-15-7-6-12(17(22(25)26)18(15)27-2)9-20-21-16(24)10-28-14-5-3-4-13(19)8-14/h3-9H,10H2,1-2H3,(H,21,24)/b20-9-. The van der Waals surface area contributed by atoms with Crippen LogP contribution in [0.25, 0.3) is 0 Å². The van der Waals surface area contributed by atoms with Crippen LogP contribution in [-0.4, -0.2) is 36.7 Å².